The summed E-state index contributed by atoms with van der Waals surface area (Å²) < 4.78 is 6.07. The van der Waals surface area contributed by atoms with Gasteiger partial charge < -0.3 is 4.74 Å². The van der Waals surface area contributed by atoms with Gasteiger partial charge in [0.15, 0.2) is 4.47 Å². The van der Waals surface area contributed by atoms with E-state index >= 15 is 0 Å². The molecule has 1 saturated carbocycles. The summed E-state index contributed by atoms with van der Waals surface area (Å²) in [7, 11) is 0. The van der Waals surface area contributed by atoms with Crippen LogP contribution in [0.3, 0.4) is 0 Å². The Morgan fingerprint density at radius 2 is 2.50 bits per heavy atom. The maximum Gasteiger partial charge on any atom is 0.183 e. The van der Waals surface area contributed by atoms with Crippen molar-refractivity contribution in [3.05, 3.63) is 15.5 Å². The largest absolute Gasteiger partial charge is 0.376 e. The first-order valence-corrected chi connectivity index (χ1v) is 5.22. The minimum absolute atomic E-state index is 0.597. The van der Waals surface area contributed by atoms with Gasteiger partial charge in [-0.3, -0.25) is 0 Å². The van der Waals surface area contributed by atoms with Crippen LogP contribution in [-0.4, -0.2) is 11.6 Å². The molecule has 4 heteroatoms. The fraction of sp³-hybridized carbons (Fsp3) is 0.625. The number of aromatic nitrogens is 1. The Balaban J connectivity index is 1.71. The average molecular weight is 204 g/mol. The van der Waals surface area contributed by atoms with Gasteiger partial charge in [-0.05, 0) is 18.8 Å². The van der Waals surface area contributed by atoms with Crippen LogP contribution in [0.2, 0.25) is 4.47 Å². The Morgan fingerprint density at radius 1 is 1.67 bits per heavy atom. The minimum atomic E-state index is 0.597. The van der Waals surface area contributed by atoms with Crippen molar-refractivity contribution < 1.29 is 4.74 Å². The summed E-state index contributed by atoms with van der Waals surface area (Å²) in [5.41, 5.74) is 0. The summed E-state index contributed by atoms with van der Waals surface area (Å²) in [6, 6.07) is 0. The Kier molecular flexibility index (Phi) is 2.63. The van der Waals surface area contributed by atoms with Crippen LogP contribution in [0, 0.1) is 5.92 Å². The minimum Gasteiger partial charge on any atom is -0.376 e. The molecule has 2 nitrogen and oxygen atoms in total. The molecular weight excluding hydrogens is 194 g/mol. The number of ether oxygens (including phenoxy) is 1. The monoisotopic (exact) mass is 203 g/mol. The van der Waals surface area contributed by atoms with Crippen molar-refractivity contribution in [2.45, 2.75) is 19.4 Å². The third kappa shape index (κ3) is 2.44. The van der Waals surface area contributed by atoms with Crippen molar-refractivity contribution in [2.24, 2.45) is 5.92 Å². The lowest BCUT2D eigenvalue weighted by atomic mass is 10.5. The highest BCUT2D eigenvalue weighted by molar-refractivity contribution is 7.15. The predicted molar refractivity (Wildman–Crippen MR) is 49.5 cm³/mol. The lowest BCUT2D eigenvalue weighted by molar-refractivity contribution is 0.113. The summed E-state index contributed by atoms with van der Waals surface area (Å²) in [6.07, 6.45) is 4.45. The smallest absolute Gasteiger partial charge is 0.183 e. The van der Waals surface area contributed by atoms with E-state index in [4.69, 9.17) is 16.3 Å². The van der Waals surface area contributed by atoms with E-state index in [0.29, 0.717) is 11.1 Å². The molecule has 66 valence electrons. The zero-order valence-corrected chi connectivity index (χ0v) is 8.20. The van der Waals surface area contributed by atoms with Crippen LogP contribution in [0.15, 0.2) is 6.20 Å². The second-order valence-corrected chi connectivity index (χ2v) is 4.74. The van der Waals surface area contributed by atoms with Crippen molar-refractivity contribution >= 4 is 22.9 Å². The van der Waals surface area contributed by atoms with Crippen molar-refractivity contribution in [3.63, 3.8) is 0 Å². The van der Waals surface area contributed by atoms with Gasteiger partial charge in [-0.2, -0.15) is 0 Å². The number of hydrogen-bond donors (Lipinski definition) is 0. The van der Waals surface area contributed by atoms with Crippen LogP contribution in [0.5, 0.6) is 0 Å². The van der Waals surface area contributed by atoms with Gasteiger partial charge in [-0.15, -0.1) is 11.3 Å². The molecule has 0 N–H and O–H groups in total. The number of thiazole rings is 1. The number of halogens is 1. The summed E-state index contributed by atoms with van der Waals surface area (Å²) in [5.74, 6) is 0.827. The second kappa shape index (κ2) is 3.73. The van der Waals surface area contributed by atoms with E-state index in [0.717, 1.165) is 17.4 Å². The molecule has 2 rings (SSSR count). The zero-order chi connectivity index (χ0) is 8.39. The van der Waals surface area contributed by atoms with E-state index in [1.54, 1.807) is 6.20 Å². The normalized spacial score (nSPS) is 16.8. The van der Waals surface area contributed by atoms with Crippen LogP contribution in [0.25, 0.3) is 0 Å². The summed E-state index contributed by atoms with van der Waals surface area (Å²) in [6.45, 7) is 1.57. The Hall–Kier alpha value is -0.120. The maximum atomic E-state index is 5.67. The van der Waals surface area contributed by atoms with Crippen LogP contribution >= 0.6 is 22.9 Å². The second-order valence-electron chi connectivity index (χ2n) is 3.04. The van der Waals surface area contributed by atoms with Gasteiger partial charge in [0, 0.05) is 12.8 Å². The van der Waals surface area contributed by atoms with Crippen LogP contribution in [0.4, 0.5) is 0 Å². The molecule has 0 saturated heterocycles. The van der Waals surface area contributed by atoms with E-state index in [1.165, 1.54) is 24.2 Å². The summed E-state index contributed by atoms with van der Waals surface area (Å²) in [4.78, 5) is 5.05. The SMILES string of the molecule is Clc1ncc(COCC2CC2)s1. The fourth-order valence-corrected chi connectivity index (χ4v) is 1.88. The van der Waals surface area contributed by atoms with Gasteiger partial charge in [0.1, 0.15) is 0 Å². The summed E-state index contributed by atoms with van der Waals surface area (Å²) >= 11 is 7.16. The van der Waals surface area contributed by atoms with E-state index in [2.05, 4.69) is 4.98 Å². The summed E-state index contributed by atoms with van der Waals surface area (Å²) in [5, 5.41) is 0. The third-order valence-corrected chi connectivity index (χ3v) is 2.91. The van der Waals surface area contributed by atoms with E-state index in [-0.39, 0.29) is 0 Å². The predicted octanol–water partition coefficient (Wildman–Crippen LogP) is 2.72. The lowest BCUT2D eigenvalue weighted by Gasteiger charge is -1.98. The molecule has 1 aliphatic carbocycles. The first kappa shape index (κ1) is 8.48. The molecule has 1 aromatic rings. The topological polar surface area (TPSA) is 22.1 Å². The average Bonchev–Trinajstić information content (AvgIpc) is 2.76. The van der Waals surface area contributed by atoms with Crippen molar-refractivity contribution in [3.8, 4) is 0 Å². The van der Waals surface area contributed by atoms with E-state index < -0.39 is 0 Å². The van der Waals surface area contributed by atoms with Gasteiger partial charge in [0.05, 0.1) is 11.5 Å². The number of nitrogens with zero attached hydrogens (tertiary/aromatic N) is 1. The van der Waals surface area contributed by atoms with Gasteiger partial charge in [0.25, 0.3) is 0 Å². The molecule has 1 heterocycles. The standard InChI is InChI=1S/C8H10ClNOS/c9-8-10-3-7(12-8)5-11-4-6-1-2-6/h3,6H,1-2,4-5H2. The van der Waals surface area contributed by atoms with Crippen LogP contribution in [-0.2, 0) is 11.3 Å². The molecular formula is C8H10ClNOS. The first-order valence-electron chi connectivity index (χ1n) is 4.02. The quantitative estimate of drug-likeness (QED) is 0.751. The molecule has 0 spiro atoms. The molecule has 1 fully saturated rings. The van der Waals surface area contributed by atoms with Gasteiger partial charge in [-0.1, -0.05) is 11.6 Å². The molecule has 12 heavy (non-hydrogen) atoms. The fourth-order valence-electron chi connectivity index (χ4n) is 0.961. The zero-order valence-electron chi connectivity index (χ0n) is 6.62. The maximum absolute atomic E-state index is 5.67. The molecule has 0 amide bonds. The number of rotatable bonds is 4. The Morgan fingerprint density at radius 3 is 3.08 bits per heavy atom. The van der Waals surface area contributed by atoms with E-state index in [9.17, 15) is 0 Å². The molecule has 0 aliphatic heterocycles. The molecule has 0 radical (unpaired) electrons. The lowest BCUT2D eigenvalue weighted by Crippen LogP contribution is -1.94. The molecule has 0 aromatic carbocycles. The van der Waals surface area contributed by atoms with Crippen LogP contribution < -0.4 is 0 Å². The molecule has 0 atom stereocenters. The van der Waals surface area contributed by atoms with Crippen molar-refractivity contribution in [2.75, 3.05) is 6.61 Å². The third-order valence-electron chi connectivity index (χ3n) is 1.82. The van der Waals surface area contributed by atoms with E-state index in [1.807, 2.05) is 0 Å². The van der Waals surface area contributed by atoms with Crippen molar-refractivity contribution in [1.82, 2.24) is 4.98 Å². The Labute approximate surface area is 80.5 Å². The van der Waals surface area contributed by atoms with Gasteiger partial charge >= 0.3 is 0 Å². The Bertz CT molecular complexity index is 259. The number of hydrogen-bond acceptors (Lipinski definition) is 3. The highest BCUT2D eigenvalue weighted by Crippen LogP contribution is 2.29. The first-order chi connectivity index (χ1) is 5.84. The van der Waals surface area contributed by atoms with Crippen molar-refractivity contribution in [1.29, 1.82) is 0 Å². The molecule has 1 aromatic heterocycles. The highest BCUT2D eigenvalue weighted by Gasteiger charge is 2.21. The molecule has 0 unspecified atom stereocenters. The molecule has 1 aliphatic rings. The van der Waals surface area contributed by atoms with Gasteiger partial charge in [0.2, 0.25) is 0 Å². The van der Waals surface area contributed by atoms with Crippen LogP contribution in [0.1, 0.15) is 17.7 Å². The molecule has 0 bridgehead atoms. The highest BCUT2D eigenvalue weighted by atomic mass is 35.5. The van der Waals surface area contributed by atoms with Gasteiger partial charge in [-0.25, -0.2) is 4.98 Å².